The van der Waals surface area contributed by atoms with Gasteiger partial charge in [0.2, 0.25) is 5.76 Å². The summed E-state index contributed by atoms with van der Waals surface area (Å²) in [6, 6.07) is 7.62. The number of rotatable bonds is 4. The molecule has 150 valence electrons. The maximum absolute atomic E-state index is 14.3. The second-order valence-corrected chi connectivity index (χ2v) is 8.21. The van der Waals surface area contributed by atoms with Crippen molar-refractivity contribution in [1.82, 2.24) is 5.16 Å². The molecule has 0 unspecified atom stereocenters. The number of halogens is 4. The first-order chi connectivity index (χ1) is 13.5. The molecule has 0 atom stereocenters. The summed E-state index contributed by atoms with van der Waals surface area (Å²) < 4.78 is 83.4. The Kier molecular flexibility index (Phi) is 5.19. The first-order valence-electron chi connectivity index (χ1n) is 8.03. The van der Waals surface area contributed by atoms with E-state index in [1.807, 2.05) is 6.07 Å². The summed E-state index contributed by atoms with van der Waals surface area (Å²) in [5.74, 6) is -3.81. The number of nitriles is 1. The van der Waals surface area contributed by atoms with Crippen LogP contribution in [0.3, 0.4) is 0 Å². The molecule has 3 rings (SSSR count). The topological polar surface area (TPSA) is 84.0 Å². The van der Waals surface area contributed by atoms with Crippen molar-refractivity contribution in [2.24, 2.45) is 0 Å². The van der Waals surface area contributed by atoms with E-state index < -0.39 is 44.1 Å². The van der Waals surface area contributed by atoms with Crippen molar-refractivity contribution in [3.8, 4) is 28.5 Å². The molecule has 1 heterocycles. The molecule has 0 aliphatic carbocycles. The van der Waals surface area contributed by atoms with Gasteiger partial charge >= 0.3 is 0 Å². The van der Waals surface area contributed by atoms with Crippen LogP contribution in [0, 0.1) is 29.9 Å². The first kappa shape index (κ1) is 20.5. The minimum atomic E-state index is -4.23. The monoisotopic (exact) mass is 424 g/mol. The fraction of sp³-hybridized carbons (Fsp3) is 0.158. The van der Waals surface area contributed by atoms with Crippen LogP contribution in [0.15, 0.2) is 39.8 Å². The zero-order valence-corrected chi connectivity index (χ0v) is 15.8. The summed E-state index contributed by atoms with van der Waals surface area (Å²) in [7, 11) is -4.23. The average molecular weight is 424 g/mol. The van der Waals surface area contributed by atoms with Crippen molar-refractivity contribution in [1.29, 1.82) is 5.26 Å². The van der Waals surface area contributed by atoms with Crippen LogP contribution in [0.5, 0.6) is 0 Å². The molecule has 0 aliphatic rings. The van der Waals surface area contributed by atoms with Crippen molar-refractivity contribution < 1.29 is 30.5 Å². The largest absolute Gasteiger partial charge is 0.354 e. The molecule has 1 aromatic heterocycles. The maximum atomic E-state index is 14.3. The van der Waals surface area contributed by atoms with Crippen LogP contribution in [0.1, 0.15) is 23.3 Å². The zero-order valence-electron chi connectivity index (χ0n) is 15.0. The van der Waals surface area contributed by atoms with Crippen molar-refractivity contribution in [3.05, 3.63) is 58.9 Å². The molecule has 0 aliphatic heterocycles. The summed E-state index contributed by atoms with van der Waals surface area (Å²) in [5.41, 5.74) is 0.155. The third kappa shape index (κ3) is 3.73. The van der Waals surface area contributed by atoms with Gasteiger partial charge in [-0.15, -0.1) is 0 Å². The zero-order chi connectivity index (χ0) is 21.5. The molecule has 0 bridgehead atoms. The lowest BCUT2D eigenvalue weighted by Gasteiger charge is -2.09. The van der Waals surface area contributed by atoms with Gasteiger partial charge in [-0.05, 0) is 36.2 Å². The molecule has 2 aromatic carbocycles. The SMILES string of the molecule is Cc1ccc(-c2noc(C(F)F)c2-c2cc(F)c(S(C)(=O)=O)c(F)c2)cc1C#N. The Bertz CT molecular complexity index is 1240. The second-order valence-electron chi connectivity index (χ2n) is 6.25. The van der Waals surface area contributed by atoms with Crippen molar-refractivity contribution >= 4 is 9.84 Å². The number of alkyl halides is 2. The standard InChI is InChI=1S/C19H12F4N2O3S/c1-9-3-4-10(5-12(9)8-24)16-15(17(19(22)23)28-25-16)11-6-13(20)18(14(21)7-11)29(2,26)27/h3-7,19H,1-2H3. The Balaban J connectivity index is 2.31. The van der Waals surface area contributed by atoms with Gasteiger partial charge in [0, 0.05) is 11.8 Å². The number of benzene rings is 2. The van der Waals surface area contributed by atoms with Crippen molar-refractivity contribution in [2.75, 3.05) is 6.26 Å². The van der Waals surface area contributed by atoms with Gasteiger partial charge in [-0.2, -0.15) is 5.26 Å². The second kappa shape index (κ2) is 7.33. The molecule has 0 radical (unpaired) electrons. The van der Waals surface area contributed by atoms with Gasteiger partial charge in [-0.1, -0.05) is 17.3 Å². The molecule has 0 N–H and O–H groups in total. The summed E-state index contributed by atoms with van der Waals surface area (Å²) in [5, 5.41) is 12.8. The predicted octanol–water partition coefficient (Wildman–Crippen LogP) is 4.81. The van der Waals surface area contributed by atoms with E-state index in [4.69, 9.17) is 4.52 Å². The molecule has 0 amide bonds. The summed E-state index contributed by atoms with van der Waals surface area (Å²) in [6.07, 6.45) is -2.54. The highest BCUT2D eigenvalue weighted by Gasteiger charge is 2.29. The Morgan fingerprint density at radius 1 is 1.10 bits per heavy atom. The number of hydrogen-bond donors (Lipinski definition) is 0. The molecule has 3 aromatic rings. The Morgan fingerprint density at radius 3 is 2.24 bits per heavy atom. The van der Waals surface area contributed by atoms with E-state index in [0.29, 0.717) is 24.0 Å². The lowest BCUT2D eigenvalue weighted by atomic mass is 9.96. The smallest absolute Gasteiger partial charge is 0.298 e. The number of hydrogen-bond acceptors (Lipinski definition) is 5. The van der Waals surface area contributed by atoms with Crippen LogP contribution < -0.4 is 0 Å². The fourth-order valence-electron chi connectivity index (χ4n) is 2.88. The van der Waals surface area contributed by atoms with E-state index in [0.717, 1.165) is 0 Å². The van der Waals surface area contributed by atoms with Crippen LogP contribution in [0.25, 0.3) is 22.4 Å². The van der Waals surface area contributed by atoms with Gasteiger partial charge in [-0.3, -0.25) is 0 Å². The summed E-state index contributed by atoms with van der Waals surface area (Å²) >= 11 is 0. The Labute approximate surface area is 163 Å². The average Bonchev–Trinajstić information content (AvgIpc) is 3.05. The van der Waals surface area contributed by atoms with Gasteiger partial charge in [0.1, 0.15) is 22.2 Å². The number of aryl methyl sites for hydroxylation is 1. The maximum Gasteiger partial charge on any atom is 0.298 e. The predicted molar refractivity (Wildman–Crippen MR) is 94.8 cm³/mol. The quantitative estimate of drug-likeness (QED) is 0.562. The van der Waals surface area contributed by atoms with Gasteiger partial charge in [0.15, 0.2) is 9.84 Å². The Morgan fingerprint density at radius 2 is 1.72 bits per heavy atom. The van der Waals surface area contributed by atoms with E-state index in [-0.39, 0.29) is 22.4 Å². The van der Waals surface area contributed by atoms with E-state index in [2.05, 4.69) is 5.16 Å². The Hall–Kier alpha value is -3.19. The summed E-state index contributed by atoms with van der Waals surface area (Å²) in [6.45, 7) is 1.67. The lowest BCUT2D eigenvalue weighted by molar-refractivity contribution is 0.113. The van der Waals surface area contributed by atoms with Gasteiger partial charge in [0.25, 0.3) is 6.43 Å². The molecular weight excluding hydrogens is 412 g/mol. The van der Waals surface area contributed by atoms with Gasteiger partial charge < -0.3 is 4.52 Å². The molecule has 0 saturated heterocycles. The fourth-order valence-corrected chi connectivity index (χ4v) is 3.70. The minimum Gasteiger partial charge on any atom is -0.354 e. The van der Waals surface area contributed by atoms with E-state index >= 15 is 0 Å². The highest BCUT2D eigenvalue weighted by atomic mass is 32.2. The molecule has 0 fully saturated rings. The van der Waals surface area contributed by atoms with Gasteiger partial charge in [-0.25, -0.2) is 26.0 Å². The first-order valence-corrected chi connectivity index (χ1v) is 9.92. The molecule has 0 saturated carbocycles. The highest BCUT2D eigenvalue weighted by Crippen LogP contribution is 2.40. The van der Waals surface area contributed by atoms with E-state index in [1.54, 1.807) is 13.0 Å². The molecule has 29 heavy (non-hydrogen) atoms. The van der Waals surface area contributed by atoms with Crippen molar-refractivity contribution in [2.45, 2.75) is 18.2 Å². The third-order valence-electron chi connectivity index (χ3n) is 4.21. The molecular formula is C19H12F4N2O3S. The molecule has 0 spiro atoms. The number of sulfone groups is 1. The van der Waals surface area contributed by atoms with E-state index in [1.165, 1.54) is 12.1 Å². The van der Waals surface area contributed by atoms with Crippen LogP contribution in [-0.2, 0) is 9.84 Å². The van der Waals surface area contributed by atoms with E-state index in [9.17, 15) is 31.2 Å². The lowest BCUT2D eigenvalue weighted by Crippen LogP contribution is -2.05. The van der Waals surface area contributed by atoms with Crippen LogP contribution in [0.4, 0.5) is 17.6 Å². The number of nitrogens with zero attached hydrogens (tertiary/aromatic N) is 2. The molecule has 10 heteroatoms. The van der Waals surface area contributed by atoms with Crippen LogP contribution in [0.2, 0.25) is 0 Å². The van der Waals surface area contributed by atoms with Crippen LogP contribution in [-0.4, -0.2) is 19.8 Å². The normalized spacial score (nSPS) is 11.7. The highest BCUT2D eigenvalue weighted by molar-refractivity contribution is 7.90. The molecule has 5 nitrogen and oxygen atoms in total. The van der Waals surface area contributed by atoms with Crippen molar-refractivity contribution in [3.63, 3.8) is 0 Å². The third-order valence-corrected chi connectivity index (χ3v) is 5.34. The number of aromatic nitrogens is 1. The summed E-state index contributed by atoms with van der Waals surface area (Å²) in [4.78, 5) is -1.17. The van der Waals surface area contributed by atoms with Crippen LogP contribution >= 0.6 is 0 Å². The van der Waals surface area contributed by atoms with Gasteiger partial charge in [0.05, 0.1) is 17.2 Å². The minimum absolute atomic E-state index is 0.164.